The quantitative estimate of drug-likeness (QED) is 0.581. The summed E-state index contributed by atoms with van der Waals surface area (Å²) in [5.74, 6) is 0.239. The summed E-state index contributed by atoms with van der Waals surface area (Å²) < 4.78 is 15.8. The van der Waals surface area contributed by atoms with E-state index in [0.29, 0.717) is 5.69 Å². The molecule has 0 spiro atoms. The molecule has 1 heterocycles. The van der Waals surface area contributed by atoms with Crippen LogP contribution < -0.4 is 11.1 Å². The normalized spacial score (nSPS) is 11.2. The van der Waals surface area contributed by atoms with Crippen molar-refractivity contribution in [2.45, 2.75) is 46.2 Å². The number of carbonyl (C=O) groups excluding carboxylic acids is 1. The van der Waals surface area contributed by atoms with Crippen molar-refractivity contribution in [2.75, 3.05) is 5.32 Å². The minimum absolute atomic E-state index is 0. The molecule has 3 N–H and O–H groups in total. The third kappa shape index (κ3) is 5.07. The number of carbonyl (C=O) groups is 1. The average Bonchev–Trinajstić information content (AvgIpc) is 2.94. The average molecular weight is 441 g/mol. The molecule has 0 saturated heterocycles. The lowest BCUT2D eigenvalue weighted by Crippen LogP contribution is -2.45. The van der Waals surface area contributed by atoms with E-state index in [9.17, 15) is 9.18 Å². The summed E-state index contributed by atoms with van der Waals surface area (Å²) >= 11 is 0. The molecule has 0 aliphatic carbocycles. The van der Waals surface area contributed by atoms with Gasteiger partial charge in [0.2, 0.25) is 5.91 Å². The van der Waals surface area contributed by atoms with E-state index in [4.69, 9.17) is 10.7 Å². The molecule has 3 rings (SSSR count). The van der Waals surface area contributed by atoms with Gasteiger partial charge in [0.05, 0.1) is 16.6 Å². The van der Waals surface area contributed by atoms with Crippen molar-refractivity contribution < 1.29 is 9.18 Å². The second kappa shape index (κ2) is 9.11. The van der Waals surface area contributed by atoms with E-state index in [0.717, 1.165) is 28.0 Å². The Bertz CT molecular complexity index is 1030. The van der Waals surface area contributed by atoms with E-state index in [1.54, 1.807) is 19.9 Å². The van der Waals surface area contributed by atoms with Crippen LogP contribution in [-0.4, -0.2) is 21.0 Å². The summed E-state index contributed by atoms with van der Waals surface area (Å²) in [6, 6.07) is 10.5. The smallest absolute Gasteiger partial charge is 0.243 e. The molecule has 8 heteroatoms. The summed E-state index contributed by atoms with van der Waals surface area (Å²) in [7, 11) is 0. The van der Waals surface area contributed by atoms with Gasteiger partial charge in [0.25, 0.3) is 0 Å². The Hall–Kier alpha value is -2.15. The highest BCUT2D eigenvalue weighted by Gasteiger charge is 2.22. The van der Waals surface area contributed by atoms with Crippen molar-refractivity contribution in [1.82, 2.24) is 9.55 Å². The van der Waals surface area contributed by atoms with Gasteiger partial charge in [-0.2, -0.15) is 0 Å². The van der Waals surface area contributed by atoms with Crippen LogP contribution in [0.4, 0.5) is 10.1 Å². The van der Waals surface area contributed by atoms with E-state index in [2.05, 4.69) is 5.32 Å². The van der Waals surface area contributed by atoms with Crippen molar-refractivity contribution >= 4 is 47.4 Å². The monoisotopic (exact) mass is 440 g/mol. The van der Waals surface area contributed by atoms with Crippen molar-refractivity contribution in [2.24, 2.45) is 5.73 Å². The first-order chi connectivity index (χ1) is 12.6. The summed E-state index contributed by atoms with van der Waals surface area (Å²) in [6.45, 7) is 9.33. The van der Waals surface area contributed by atoms with E-state index >= 15 is 0 Å². The van der Waals surface area contributed by atoms with Crippen LogP contribution in [0, 0.1) is 12.7 Å². The summed E-state index contributed by atoms with van der Waals surface area (Å²) in [6.07, 6.45) is 0. The highest BCUT2D eigenvalue weighted by molar-refractivity contribution is 5.98. The van der Waals surface area contributed by atoms with Crippen LogP contribution in [0.2, 0.25) is 0 Å². The number of anilines is 1. The Morgan fingerprint density at radius 1 is 1.17 bits per heavy atom. The highest BCUT2D eigenvalue weighted by atomic mass is 35.5. The molecule has 3 aromatic rings. The lowest BCUT2D eigenvalue weighted by atomic mass is 10.0. The Kier molecular flexibility index (Phi) is 7.82. The second-order valence-electron chi connectivity index (χ2n) is 7.74. The molecule has 0 unspecified atom stereocenters. The first-order valence-electron chi connectivity index (χ1n) is 8.97. The van der Waals surface area contributed by atoms with Gasteiger partial charge >= 0.3 is 0 Å². The van der Waals surface area contributed by atoms with Gasteiger partial charge in [0.15, 0.2) is 0 Å². The molecule has 0 aliphatic rings. The van der Waals surface area contributed by atoms with Crippen LogP contribution in [0.3, 0.4) is 0 Å². The van der Waals surface area contributed by atoms with E-state index in [1.165, 1.54) is 12.1 Å². The number of rotatable bonds is 4. The predicted molar refractivity (Wildman–Crippen MR) is 122 cm³/mol. The molecule has 2 aromatic carbocycles. The van der Waals surface area contributed by atoms with Gasteiger partial charge in [0.1, 0.15) is 11.6 Å². The summed E-state index contributed by atoms with van der Waals surface area (Å²) in [5, 5.41) is 2.86. The van der Waals surface area contributed by atoms with Gasteiger partial charge in [-0.05, 0) is 76.6 Å². The van der Waals surface area contributed by atoms with Crippen LogP contribution in [-0.2, 0) is 4.79 Å². The van der Waals surface area contributed by atoms with E-state index in [-0.39, 0.29) is 42.6 Å². The summed E-state index contributed by atoms with van der Waals surface area (Å²) in [4.78, 5) is 16.9. The largest absolute Gasteiger partial charge is 0.324 e. The Morgan fingerprint density at radius 3 is 2.38 bits per heavy atom. The fourth-order valence-electron chi connectivity index (χ4n) is 3.02. The molecule has 0 bridgehead atoms. The van der Waals surface area contributed by atoms with Gasteiger partial charge in [-0.15, -0.1) is 24.8 Å². The zero-order valence-corrected chi connectivity index (χ0v) is 18.7. The summed E-state index contributed by atoms with van der Waals surface area (Å²) in [5.41, 5.74) is 8.92. The zero-order valence-electron chi connectivity index (χ0n) is 17.1. The minimum Gasteiger partial charge on any atom is -0.324 e. The molecule has 1 aromatic heterocycles. The Labute approximate surface area is 182 Å². The van der Waals surface area contributed by atoms with Crippen LogP contribution in [0.25, 0.3) is 22.4 Å². The maximum absolute atomic E-state index is 13.7. The number of halogens is 3. The molecule has 0 saturated carbocycles. The molecule has 5 nitrogen and oxygen atoms in total. The third-order valence-corrected chi connectivity index (χ3v) is 4.49. The molecule has 0 atom stereocenters. The number of hydrogen-bond acceptors (Lipinski definition) is 3. The maximum Gasteiger partial charge on any atom is 0.243 e. The van der Waals surface area contributed by atoms with Crippen LogP contribution >= 0.6 is 24.8 Å². The Balaban J connectivity index is 0.00000210. The fraction of sp³-hybridized carbons (Fsp3) is 0.333. The number of nitrogens with one attached hydrogen (secondary N) is 1. The molecular weight excluding hydrogens is 414 g/mol. The lowest BCUT2D eigenvalue weighted by molar-refractivity contribution is -0.120. The third-order valence-electron chi connectivity index (χ3n) is 4.49. The van der Waals surface area contributed by atoms with Crippen LogP contribution in [0.15, 0.2) is 36.4 Å². The SMILES string of the molecule is Cc1cc(-c2nc3ccc(F)cc3n2C(C)C)ccc1NC(=O)C(C)(C)N.Cl.Cl. The van der Waals surface area contributed by atoms with Gasteiger partial charge in [-0.1, -0.05) is 0 Å². The van der Waals surface area contributed by atoms with Crippen molar-refractivity contribution in [3.8, 4) is 11.4 Å². The number of nitrogens with two attached hydrogens (primary N) is 1. The van der Waals surface area contributed by atoms with Crippen molar-refractivity contribution in [3.63, 3.8) is 0 Å². The number of nitrogens with zero attached hydrogens (tertiary/aromatic N) is 2. The number of aryl methyl sites for hydroxylation is 1. The van der Waals surface area contributed by atoms with Crippen LogP contribution in [0.5, 0.6) is 0 Å². The van der Waals surface area contributed by atoms with Gasteiger partial charge in [-0.25, -0.2) is 9.37 Å². The predicted octanol–water partition coefficient (Wildman–Crippen LogP) is 5.25. The number of benzene rings is 2. The molecule has 29 heavy (non-hydrogen) atoms. The van der Waals surface area contributed by atoms with E-state index in [1.807, 2.05) is 43.5 Å². The number of imidazole rings is 1. The molecule has 1 amide bonds. The molecule has 0 radical (unpaired) electrons. The van der Waals surface area contributed by atoms with Crippen molar-refractivity contribution in [3.05, 3.63) is 47.8 Å². The second-order valence-corrected chi connectivity index (χ2v) is 7.74. The number of fused-ring (bicyclic) bond motifs is 1. The highest BCUT2D eigenvalue weighted by Crippen LogP contribution is 2.31. The number of aromatic nitrogens is 2. The van der Waals surface area contributed by atoms with Gasteiger partial charge in [0, 0.05) is 17.3 Å². The first kappa shape index (κ1) is 24.9. The standard InChI is InChI=1S/C21H25FN4O.2ClH/c1-12(2)26-18-11-15(22)7-9-17(18)24-19(26)14-6-8-16(13(3)10-14)25-20(27)21(4,5)23;;/h6-12H,23H2,1-5H3,(H,25,27);2*1H. The van der Waals surface area contributed by atoms with Gasteiger partial charge < -0.3 is 15.6 Å². The molecule has 158 valence electrons. The number of hydrogen-bond donors (Lipinski definition) is 2. The number of amides is 1. The minimum atomic E-state index is -0.958. The first-order valence-corrected chi connectivity index (χ1v) is 8.97. The lowest BCUT2D eigenvalue weighted by Gasteiger charge is -2.19. The maximum atomic E-state index is 13.7. The Morgan fingerprint density at radius 2 is 1.83 bits per heavy atom. The molecule has 0 aliphatic heterocycles. The van der Waals surface area contributed by atoms with Crippen LogP contribution in [0.1, 0.15) is 39.3 Å². The van der Waals surface area contributed by atoms with Crippen molar-refractivity contribution in [1.29, 1.82) is 0 Å². The topological polar surface area (TPSA) is 72.9 Å². The fourth-order valence-corrected chi connectivity index (χ4v) is 3.02. The molecule has 0 fully saturated rings. The molecular formula is C21H27Cl2FN4O. The zero-order chi connectivity index (χ0) is 19.9. The van der Waals surface area contributed by atoms with E-state index < -0.39 is 5.54 Å². The van der Waals surface area contributed by atoms with Gasteiger partial charge in [-0.3, -0.25) is 4.79 Å².